The molecule has 0 aliphatic rings. The number of amides is 1. The number of carbonyl (C=O) groups is 1. The highest BCUT2D eigenvalue weighted by atomic mass is 32.2. The molecule has 2 aromatic carbocycles. The molecule has 7 heteroatoms. The second kappa shape index (κ2) is 6.66. The van der Waals surface area contributed by atoms with Gasteiger partial charge in [0, 0.05) is 17.3 Å². The van der Waals surface area contributed by atoms with Crippen LogP contribution in [0.4, 0.5) is 0 Å². The fourth-order valence-corrected chi connectivity index (χ4v) is 4.36. The highest BCUT2D eigenvalue weighted by Crippen LogP contribution is 2.29. The molecule has 0 fully saturated rings. The molecule has 0 bridgehead atoms. The second-order valence-electron chi connectivity index (χ2n) is 5.68. The van der Waals surface area contributed by atoms with Crippen molar-refractivity contribution in [2.75, 3.05) is 13.4 Å². The van der Waals surface area contributed by atoms with Gasteiger partial charge in [0.15, 0.2) is 21.9 Å². The molecule has 2 aromatic heterocycles. The zero-order chi connectivity index (χ0) is 18.3. The van der Waals surface area contributed by atoms with Crippen molar-refractivity contribution in [2.24, 2.45) is 12.0 Å². The summed E-state index contributed by atoms with van der Waals surface area (Å²) in [6.07, 6.45) is 2.04. The smallest absolute Gasteiger partial charge is 0.315 e. The number of furan rings is 1. The van der Waals surface area contributed by atoms with E-state index in [9.17, 15) is 4.79 Å². The number of fused-ring (bicyclic) bond motifs is 2. The summed E-state index contributed by atoms with van der Waals surface area (Å²) in [5, 5.41) is 0.813. The maximum atomic E-state index is 12.6. The Bertz CT molecular complexity index is 1200. The number of carbonyl (C=O) groups excluding carboxylic acids is 1. The van der Waals surface area contributed by atoms with Crippen molar-refractivity contribution in [1.29, 1.82) is 0 Å². The number of benzene rings is 2. The van der Waals surface area contributed by atoms with Gasteiger partial charge in [0.1, 0.15) is 0 Å². The quantitative estimate of drug-likeness (QED) is 0.490. The normalized spacial score (nSPS) is 12.2. The molecule has 2 heterocycles. The van der Waals surface area contributed by atoms with Gasteiger partial charge in [-0.2, -0.15) is 4.99 Å². The number of ether oxygens (including phenoxy) is 1. The number of thioether (sulfide) groups is 1. The monoisotopic (exact) mass is 384 g/mol. The Kier molecular flexibility index (Phi) is 4.34. The lowest BCUT2D eigenvalue weighted by molar-refractivity contribution is 0.0973. The van der Waals surface area contributed by atoms with Crippen LogP contribution < -0.4 is 9.54 Å². The van der Waals surface area contributed by atoms with Gasteiger partial charge in [-0.1, -0.05) is 23.5 Å². The van der Waals surface area contributed by atoms with Gasteiger partial charge < -0.3 is 13.7 Å². The topological polar surface area (TPSA) is 56.7 Å². The van der Waals surface area contributed by atoms with E-state index in [4.69, 9.17) is 9.15 Å². The van der Waals surface area contributed by atoms with Crippen molar-refractivity contribution in [2.45, 2.75) is 4.90 Å². The number of methoxy groups -OCH3 is 1. The molecule has 0 saturated heterocycles. The summed E-state index contributed by atoms with van der Waals surface area (Å²) in [6.45, 7) is 0. The Balaban J connectivity index is 1.80. The molecular formula is C19H16N2O3S2. The van der Waals surface area contributed by atoms with Gasteiger partial charge in [0.25, 0.3) is 0 Å². The lowest BCUT2D eigenvalue weighted by Crippen LogP contribution is -2.12. The van der Waals surface area contributed by atoms with Crippen LogP contribution >= 0.6 is 23.1 Å². The van der Waals surface area contributed by atoms with E-state index in [1.807, 2.05) is 36.1 Å². The summed E-state index contributed by atoms with van der Waals surface area (Å²) >= 11 is 3.18. The van der Waals surface area contributed by atoms with Crippen LogP contribution in [0.25, 0.3) is 21.2 Å². The highest BCUT2D eigenvalue weighted by molar-refractivity contribution is 7.98. The third-order valence-corrected chi connectivity index (χ3v) is 5.97. The maximum absolute atomic E-state index is 12.6. The molecular weight excluding hydrogens is 368 g/mol. The lowest BCUT2D eigenvalue weighted by Gasteiger charge is -1.98. The predicted molar refractivity (Wildman–Crippen MR) is 105 cm³/mol. The van der Waals surface area contributed by atoms with Crippen molar-refractivity contribution in [3.05, 3.63) is 53.0 Å². The number of nitrogens with zero attached hydrogens (tertiary/aromatic N) is 2. The maximum Gasteiger partial charge on any atom is 0.315 e. The van der Waals surface area contributed by atoms with Gasteiger partial charge in [-0.25, -0.2) is 0 Å². The molecule has 4 aromatic rings. The van der Waals surface area contributed by atoms with Crippen molar-refractivity contribution >= 4 is 50.2 Å². The van der Waals surface area contributed by atoms with Crippen molar-refractivity contribution in [3.8, 4) is 5.75 Å². The number of para-hydroxylation sites is 1. The fraction of sp³-hybridized carbons (Fsp3) is 0.158. The number of aromatic nitrogens is 1. The summed E-state index contributed by atoms with van der Waals surface area (Å²) in [5.74, 6) is 0.390. The van der Waals surface area contributed by atoms with Gasteiger partial charge in [0.2, 0.25) is 0 Å². The molecule has 0 radical (unpaired) electrons. The Morgan fingerprint density at radius 3 is 2.88 bits per heavy atom. The van der Waals surface area contributed by atoms with Crippen LogP contribution in [0.5, 0.6) is 5.75 Å². The second-order valence-corrected chi connectivity index (χ2v) is 7.57. The van der Waals surface area contributed by atoms with E-state index in [2.05, 4.69) is 17.1 Å². The first-order valence-electron chi connectivity index (χ1n) is 7.90. The predicted octanol–water partition coefficient (Wildman–Crippen LogP) is 4.46. The number of rotatable bonds is 3. The summed E-state index contributed by atoms with van der Waals surface area (Å²) < 4.78 is 14.0. The summed E-state index contributed by atoms with van der Waals surface area (Å²) in [6, 6.07) is 13.5. The summed E-state index contributed by atoms with van der Waals surface area (Å²) in [4.78, 5) is 18.7. The van der Waals surface area contributed by atoms with Gasteiger partial charge >= 0.3 is 5.91 Å². The van der Waals surface area contributed by atoms with Gasteiger partial charge in [-0.15, -0.1) is 11.8 Å². The molecule has 0 aliphatic carbocycles. The van der Waals surface area contributed by atoms with E-state index in [1.54, 1.807) is 31.0 Å². The molecule has 0 saturated carbocycles. The van der Waals surface area contributed by atoms with Crippen LogP contribution in [0.3, 0.4) is 0 Å². The minimum absolute atomic E-state index is 0.201. The van der Waals surface area contributed by atoms with Crippen molar-refractivity contribution in [3.63, 3.8) is 0 Å². The Labute approximate surface area is 157 Å². The van der Waals surface area contributed by atoms with Crippen LogP contribution in [-0.4, -0.2) is 23.8 Å². The molecule has 132 valence electrons. The van der Waals surface area contributed by atoms with E-state index in [1.165, 1.54) is 16.2 Å². The van der Waals surface area contributed by atoms with E-state index in [-0.39, 0.29) is 5.76 Å². The highest BCUT2D eigenvalue weighted by Gasteiger charge is 2.15. The van der Waals surface area contributed by atoms with Crippen LogP contribution in [0.15, 0.2) is 56.8 Å². The molecule has 0 unspecified atom stereocenters. The SMILES string of the molecule is COc1cccc2cc(C(=O)N=c3sc4cc(SC)ccc4n3C)oc12. The number of hydrogen-bond donors (Lipinski definition) is 0. The molecule has 26 heavy (non-hydrogen) atoms. The summed E-state index contributed by atoms with van der Waals surface area (Å²) in [7, 11) is 3.48. The van der Waals surface area contributed by atoms with E-state index in [0.29, 0.717) is 16.1 Å². The summed E-state index contributed by atoms with van der Waals surface area (Å²) in [5.41, 5.74) is 1.60. The minimum atomic E-state index is -0.407. The number of thiazole rings is 1. The number of hydrogen-bond acceptors (Lipinski definition) is 5. The zero-order valence-electron chi connectivity index (χ0n) is 14.5. The van der Waals surface area contributed by atoms with E-state index < -0.39 is 5.91 Å². The first-order chi connectivity index (χ1) is 12.6. The standard InChI is InChI=1S/C19H16N2O3S2/c1-21-13-8-7-12(25-3)10-16(13)26-19(21)20-18(22)15-9-11-5-4-6-14(23-2)17(11)24-15/h4-10H,1-3H3. The van der Waals surface area contributed by atoms with Crippen LogP contribution in [-0.2, 0) is 7.05 Å². The van der Waals surface area contributed by atoms with E-state index >= 15 is 0 Å². The van der Waals surface area contributed by atoms with Crippen LogP contribution in [0.2, 0.25) is 0 Å². The molecule has 4 rings (SSSR count). The van der Waals surface area contributed by atoms with Crippen LogP contribution in [0.1, 0.15) is 10.6 Å². The van der Waals surface area contributed by atoms with Crippen molar-refractivity contribution in [1.82, 2.24) is 4.57 Å². The third kappa shape index (κ3) is 2.83. The lowest BCUT2D eigenvalue weighted by atomic mass is 10.2. The molecule has 0 aliphatic heterocycles. The average molecular weight is 384 g/mol. The molecule has 0 N–H and O–H groups in total. The Hall–Kier alpha value is -2.51. The average Bonchev–Trinajstić information content (AvgIpc) is 3.23. The molecule has 0 spiro atoms. The molecule has 0 atom stereocenters. The minimum Gasteiger partial charge on any atom is -0.493 e. The third-order valence-electron chi connectivity index (χ3n) is 4.15. The molecule has 5 nitrogen and oxygen atoms in total. The Morgan fingerprint density at radius 1 is 1.27 bits per heavy atom. The van der Waals surface area contributed by atoms with Gasteiger partial charge in [0.05, 0.1) is 17.3 Å². The molecule has 1 amide bonds. The first kappa shape index (κ1) is 16.9. The first-order valence-corrected chi connectivity index (χ1v) is 9.94. The Morgan fingerprint density at radius 2 is 2.12 bits per heavy atom. The zero-order valence-corrected chi connectivity index (χ0v) is 16.1. The van der Waals surface area contributed by atoms with Crippen LogP contribution in [0, 0.1) is 0 Å². The largest absolute Gasteiger partial charge is 0.493 e. The fourth-order valence-electron chi connectivity index (χ4n) is 2.79. The van der Waals surface area contributed by atoms with Gasteiger partial charge in [-0.3, -0.25) is 4.79 Å². The number of aryl methyl sites for hydroxylation is 1. The van der Waals surface area contributed by atoms with Crippen molar-refractivity contribution < 1.29 is 13.9 Å². The van der Waals surface area contributed by atoms with E-state index in [0.717, 1.165) is 15.6 Å². The van der Waals surface area contributed by atoms with Gasteiger partial charge in [-0.05, 0) is 36.6 Å².